The van der Waals surface area contributed by atoms with Gasteiger partial charge in [0.1, 0.15) is 5.82 Å². The zero-order valence-electron chi connectivity index (χ0n) is 9.38. The molecule has 0 saturated carbocycles. The maximum Gasteiger partial charge on any atom is 0.270 e. The van der Waals surface area contributed by atoms with Crippen LogP contribution in [0.25, 0.3) is 0 Å². The van der Waals surface area contributed by atoms with Crippen molar-refractivity contribution in [1.82, 2.24) is 20.2 Å². The van der Waals surface area contributed by atoms with Crippen molar-refractivity contribution in [2.45, 2.75) is 0 Å². The van der Waals surface area contributed by atoms with Crippen LogP contribution in [0.3, 0.4) is 0 Å². The first kappa shape index (κ1) is 11.9. The fourth-order valence-corrected chi connectivity index (χ4v) is 1.36. The molecule has 8 nitrogen and oxygen atoms in total. The number of para-hydroxylation sites is 1. The van der Waals surface area contributed by atoms with Crippen molar-refractivity contribution in [3.05, 3.63) is 29.6 Å². The van der Waals surface area contributed by atoms with E-state index in [1.807, 2.05) is 0 Å². The molecule has 1 amide bonds. The van der Waals surface area contributed by atoms with Gasteiger partial charge < -0.3 is 5.43 Å². The van der Waals surface area contributed by atoms with E-state index in [1.54, 1.807) is 7.05 Å². The second-order valence-corrected chi connectivity index (χ2v) is 3.36. The van der Waals surface area contributed by atoms with Crippen LogP contribution in [0, 0.1) is 5.82 Å². The molecule has 2 aromatic rings. The fraction of sp³-hybridized carbons (Fsp3) is 0.111. The Labute approximate surface area is 101 Å². The second-order valence-electron chi connectivity index (χ2n) is 3.36. The lowest BCUT2D eigenvalue weighted by atomic mass is 10.1. The van der Waals surface area contributed by atoms with Gasteiger partial charge in [-0.2, -0.15) is 4.80 Å². The predicted octanol–water partition coefficient (Wildman–Crippen LogP) is -0.113. The van der Waals surface area contributed by atoms with Crippen molar-refractivity contribution >= 4 is 17.5 Å². The number of benzene rings is 1. The van der Waals surface area contributed by atoms with Gasteiger partial charge >= 0.3 is 0 Å². The minimum Gasteiger partial charge on any atom is -0.321 e. The van der Waals surface area contributed by atoms with Gasteiger partial charge in [-0.15, -0.1) is 5.10 Å². The number of amides is 1. The highest BCUT2D eigenvalue weighted by atomic mass is 19.1. The smallest absolute Gasteiger partial charge is 0.270 e. The molecule has 18 heavy (non-hydrogen) atoms. The zero-order chi connectivity index (χ0) is 13.1. The maximum atomic E-state index is 13.4. The molecule has 0 radical (unpaired) electrons. The number of carbonyl (C=O) groups excluding carboxylic acids is 1. The number of halogens is 1. The molecular formula is C9H10FN7O. The summed E-state index contributed by atoms with van der Waals surface area (Å²) in [4.78, 5) is 13.0. The summed E-state index contributed by atoms with van der Waals surface area (Å²) in [6, 6.07) is 4.01. The van der Waals surface area contributed by atoms with E-state index in [-0.39, 0.29) is 17.2 Å². The van der Waals surface area contributed by atoms with Crippen molar-refractivity contribution in [3.8, 4) is 0 Å². The molecule has 0 fully saturated rings. The molecule has 0 bridgehead atoms. The van der Waals surface area contributed by atoms with Crippen LogP contribution in [0.4, 0.5) is 16.0 Å². The highest BCUT2D eigenvalue weighted by Crippen LogP contribution is 2.19. The fourth-order valence-electron chi connectivity index (χ4n) is 1.36. The molecule has 1 aromatic carbocycles. The number of hydrazine groups is 1. The lowest BCUT2D eigenvalue weighted by molar-refractivity contribution is 0.102. The third kappa shape index (κ3) is 2.25. The van der Waals surface area contributed by atoms with Crippen molar-refractivity contribution in [2.24, 2.45) is 12.9 Å². The van der Waals surface area contributed by atoms with Crippen molar-refractivity contribution in [3.63, 3.8) is 0 Å². The average molecular weight is 251 g/mol. The Morgan fingerprint density at radius 2 is 2.28 bits per heavy atom. The number of hydrogen-bond acceptors (Lipinski definition) is 6. The van der Waals surface area contributed by atoms with Crippen LogP contribution < -0.4 is 16.6 Å². The van der Waals surface area contributed by atoms with Gasteiger partial charge in [0.2, 0.25) is 0 Å². The number of nitrogens with one attached hydrogen (secondary N) is 2. The van der Waals surface area contributed by atoms with Crippen molar-refractivity contribution in [2.75, 3.05) is 10.7 Å². The van der Waals surface area contributed by atoms with Crippen molar-refractivity contribution < 1.29 is 9.18 Å². The Morgan fingerprint density at radius 1 is 1.50 bits per heavy atom. The third-order valence-corrected chi connectivity index (χ3v) is 2.14. The van der Waals surface area contributed by atoms with Gasteiger partial charge in [-0.3, -0.25) is 16.0 Å². The number of hydrogen-bond donors (Lipinski definition) is 3. The lowest BCUT2D eigenvalue weighted by Crippen LogP contribution is -2.19. The normalized spacial score (nSPS) is 10.2. The number of nitrogens with two attached hydrogens (primary N) is 1. The number of anilines is 2. The summed E-state index contributed by atoms with van der Waals surface area (Å²) < 4.78 is 13.4. The van der Waals surface area contributed by atoms with Crippen LogP contribution in [-0.4, -0.2) is 26.1 Å². The monoisotopic (exact) mass is 251 g/mol. The summed E-state index contributed by atoms with van der Waals surface area (Å²) in [7, 11) is 1.55. The van der Waals surface area contributed by atoms with E-state index in [9.17, 15) is 9.18 Å². The number of carbonyl (C=O) groups is 1. The molecule has 0 unspecified atom stereocenters. The molecule has 0 spiro atoms. The van der Waals surface area contributed by atoms with E-state index in [0.717, 1.165) is 0 Å². The highest BCUT2D eigenvalue weighted by Gasteiger charge is 2.16. The van der Waals surface area contributed by atoms with Gasteiger partial charge in [0.05, 0.1) is 18.3 Å². The van der Waals surface area contributed by atoms with Gasteiger partial charge in [0.25, 0.3) is 11.9 Å². The van der Waals surface area contributed by atoms with E-state index in [0.29, 0.717) is 0 Å². The predicted molar refractivity (Wildman–Crippen MR) is 61.0 cm³/mol. The summed E-state index contributed by atoms with van der Waals surface area (Å²) in [5.74, 6) is 3.98. The Bertz CT molecular complexity index is 582. The first-order chi connectivity index (χ1) is 8.61. The van der Waals surface area contributed by atoms with E-state index in [2.05, 4.69) is 26.2 Å². The topological polar surface area (TPSA) is 111 Å². The largest absolute Gasteiger partial charge is 0.321 e. The number of nitrogen functional groups attached to an aromatic ring is 1. The zero-order valence-corrected chi connectivity index (χ0v) is 9.38. The standard InChI is InChI=1S/C9H10FN7O/c1-17-15-9(14-16-17)12-8(18)5-3-2-4-6(10)7(5)13-11/h2-4,13H,11H2,1H3,(H,12,15,18). The molecule has 9 heteroatoms. The van der Waals surface area contributed by atoms with Gasteiger partial charge in [-0.25, -0.2) is 4.39 Å². The Kier molecular flexibility index (Phi) is 3.15. The number of rotatable bonds is 3. The molecule has 2 rings (SSSR count). The van der Waals surface area contributed by atoms with E-state index in [4.69, 9.17) is 5.84 Å². The minimum absolute atomic E-state index is 0.0229. The highest BCUT2D eigenvalue weighted by molar-refractivity contribution is 6.07. The van der Waals surface area contributed by atoms with E-state index in [1.165, 1.54) is 23.0 Å². The van der Waals surface area contributed by atoms with E-state index < -0.39 is 11.7 Å². The van der Waals surface area contributed by atoms with Crippen LogP contribution >= 0.6 is 0 Å². The number of aryl methyl sites for hydroxylation is 1. The molecular weight excluding hydrogens is 241 g/mol. The van der Waals surface area contributed by atoms with Gasteiger partial charge in [0, 0.05) is 0 Å². The van der Waals surface area contributed by atoms with Crippen LogP contribution in [0.2, 0.25) is 0 Å². The molecule has 0 aliphatic heterocycles. The van der Waals surface area contributed by atoms with Gasteiger partial charge in [0.15, 0.2) is 0 Å². The summed E-state index contributed by atoms with van der Waals surface area (Å²) >= 11 is 0. The molecule has 1 heterocycles. The molecule has 0 aliphatic carbocycles. The summed E-state index contributed by atoms with van der Waals surface area (Å²) in [5.41, 5.74) is 2.09. The van der Waals surface area contributed by atoms with E-state index >= 15 is 0 Å². The van der Waals surface area contributed by atoms with Crippen molar-refractivity contribution in [1.29, 1.82) is 0 Å². The van der Waals surface area contributed by atoms with Crippen LogP contribution in [0.15, 0.2) is 18.2 Å². The quantitative estimate of drug-likeness (QED) is 0.518. The Morgan fingerprint density at radius 3 is 2.89 bits per heavy atom. The van der Waals surface area contributed by atoms with Gasteiger partial charge in [-0.05, 0) is 17.3 Å². The Hall–Kier alpha value is -2.55. The van der Waals surface area contributed by atoms with Crippen LogP contribution in [-0.2, 0) is 7.05 Å². The maximum absolute atomic E-state index is 13.4. The van der Waals surface area contributed by atoms with Crippen LogP contribution in [0.1, 0.15) is 10.4 Å². The Balaban J connectivity index is 2.26. The SMILES string of the molecule is Cn1nnc(NC(=O)c2cccc(F)c2NN)n1. The summed E-state index contributed by atoms with van der Waals surface area (Å²) in [6.45, 7) is 0. The first-order valence-corrected chi connectivity index (χ1v) is 4.92. The number of aromatic nitrogens is 4. The molecule has 0 saturated heterocycles. The number of tetrazole rings is 1. The number of nitrogens with zero attached hydrogens (tertiary/aromatic N) is 4. The molecule has 1 aromatic heterocycles. The average Bonchev–Trinajstić information content (AvgIpc) is 2.74. The lowest BCUT2D eigenvalue weighted by Gasteiger charge is -2.08. The van der Waals surface area contributed by atoms with Crippen LogP contribution in [0.5, 0.6) is 0 Å². The summed E-state index contributed by atoms with van der Waals surface area (Å²) in [5, 5.41) is 13.3. The second kappa shape index (κ2) is 4.75. The third-order valence-electron chi connectivity index (χ3n) is 2.14. The molecule has 0 atom stereocenters. The molecule has 94 valence electrons. The summed E-state index contributed by atoms with van der Waals surface area (Å²) in [6.07, 6.45) is 0. The first-order valence-electron chi connectivity index (χ1n) is 4.92. The van der Waals surface area contributed by atoms with Gasteiger partial charge in [-0.1, -0.05) is 11.2 Å². The molecule has 0 aliphatic rings. The molecule has 4 N–H and O–H groups in total. The minimum atomic E-state index is -0.628.